The van der Waals surface area contributed by atoms with Crippen LogP contribution in [0.15, 0.2) is 54.6 Å². The van der Waals surface area contributed by atoms with Gasteiger partial charge >= 0.3 is 5.82 Å². The van der Waals surface area contributed by atoms with E-state index >= 15 is 0 Å². The van der Waals surface area contributed by atoms with Crippen molar-refractivity contribution in [3.63, 3.8) is 0 Å². The van der Waals surface area contributed by atoms with E-state index in [-0.39, 0.29) is 12.4 Å². The van der Waals surface area contributed by atoms with Crippen LogP contribution in [0.2, 0.25) is 0 Å². The molecule has 2 heterocycles. The molecule has 0 bridgehead atoms. The molecule has 1 aliphatic heterocycles. The van der Waals surface area contributed by atoms with Gasteiger partial charge in [-0.3, -0.25) is 4.90 Å². The van der Waals surface area contributed by atoms with Crippen LogP contribution in [-0.4, -0.2) is 35.9 Å². The molecule has 1 fully saturated rings. The van der Waals surface area contributed by atoms with Crippen molar-refractivity contribution in [3.8, 4) is 11.4 Å². The first-order valence-electron chi connectivity index (χ1n) is 8.98. The maximum absolute atomic E-state index is 12.8. The Morgan fingerprint density at radius 1 is 0.923 bits per heavy atom. The highest BCUT2D eigenvalue weighted by atomic mass is 35.5. The number of piperidine rings is 1. The molecule has 26 heavy (non-hydrogen) atoms. The fourth-order valence-corrected chi connectivity index (χ4v) is 3.51. The van der Waals surface area contributed by atoms with Crippen molar-refractivity contribution < 1.29 is 9.57 Å². The van der Waals surface area contributed by atoms with Crippen molar-refractivity contribution in [2.24, 2.45) is 0 Å². The average Bonchev–Trinajstić information content (AvgIpc) is 2.96. The number of fused-ring (bicyclic) bond motifs is 1. The fraction of sp³-hybridized carbons (Fsp3) is 0.350. The molecule has 1 aromatic heterocycles. The monoisotopic (exact) mass is 373 g/mol. The van der Waals surface area contributed by atoms with E-state index in [4.69, 9.17) is 4.84 Å². The predicted molar refractivity (Wildman–Crippen MR) is 105 cm³/mol. The Morgan fingerprint density at radius 3 is 2.38 bits per heavy atom. The number of hydrogen-bond donors (Lipinski definition) is 0. The molecule has 6 heteroatoms. The van der Waals surface area contributed by atoms with E-state index in [1.54, 1.807) is 4.73 Å². The van der Waals surface area contributed by atoms with E-state index in [0.29, 0.717) is 17.9 Å². The second-order valence-electron chi connectivity index (χ2n) is 6.50. The van der Waals surface area contributed by atoms with Crippen molar-refractivity contribution in [2.45, 2.75) is 19.3 Å². The van der Waals surface area contributed by atoms with Gasteiger partial charge in [0.25, 0.3) is 0 Å². The number of likely N-dealkylation sites (tertiary alicyclic amines) is 1. The summed E-state index contributed by atoms with van der Waals surface area (Å²) in [6, 6.07) is 17.3. The molecule has 0 spiro atoms. The first-order chi connectivity index (χ1) is 12.3. The Morgan fingerprint density at radius 2 is 1.62 bits per heavy atom. The lowest BCUT2D eigenvalue weighted by molar-refractivity contribution is -0.567. The van der Waals surface area contributed by atoms with Gasteiger partial charge < -0.3 is 10.0 Å². The van der Waals surface area contributed by atoms with Gasteiger partial charge in [-0.25, -0.2) is 4.73 Å². The Labute approximate surface area is 159 Å². The van der Waals surface area contributed by atoms with Crippen LogP contribution in [0, 0.1) is 5.21 Å². The minimum atomic E-state index is 0. The number of halogens is 1. The van der Waals surface area contributed by atoms with Gasteiger partial charge in [-0.2, -0.15) is 0 Å². The summed E-state index contributed by atoms with van der Waals surface area (Å²) in [7, 11) is 0. The van der Waals surface area contributed by atoms with Crippen LogP contribution in [0.1, 0.15) is 19.3 Å². The zero-order chi connectivity index (χ0) is 17.1. The molecule has 5 nitrogen and oxygen atoms in total. The summed E-state index contributed by atoms with van der Waals surface area (Å²) in [6.07, 6.45) is 3.86. The van der Waals surface area contributed by atoms with Crippen molar-refractivity contribution in [1.29, 1.82) is 0 Å². The van der Waals surface area contributed by atoms with Crippen LogP contribution in [0.25, 0.3) is 22.4 Å². The van der Waals surface area contributed by atoms with Crippen LogP contribution >= 0.6 is 12.4 Å². The predicted octanol–water partition coefficient (Wildman–Crippen LogP) is 3.28. The van der Waals surface area contributed by atoms with Gasteiger partial charge in [-0.1, -0.05) is 36.8 Å². The second-order valence-corrected chi connectivity index (χ2v) is 6.50. The normalized spacial score (nSPS) is 14.9. The van der Waals surface area contributed by atoms with Crippen molar-refractivity contribution in [2.75, 3.05) is 26.2 Å². The SMILES string of the molecule is Cl.[O-][n+]1c(-c2ccccc2)n(OCCN2CCCCC2)c2ccccc21. The molecular formula is C20H24ClN3O2. The maximum Gasteiger partial charge on any atom is 0.332 e. The number of benzene rings is 2. The highest BCUT2D eigenvalue weighted by Crippen LogP contribution is 2.21. The van der Waals surface area contributed by atoms with Crippen LogP contribution in [0.4, 0.5) is 0 Å². The van der Waals surface area contributed by atoms with Gasteiger partial charge in [0, 0.05) is 6.54 Å². The summed E-state index contributed by atoms with van der Waals surface area (Å²) in [6.45, 7) is 3.74. The number of hydrogen-bond acceptors (Lipinski definition) is 3. The molecule has 0 saturated carbocycles. The lowest BCUT2D eigenvalue weighted by Gasteiger charge is -2.25. The summed E-state index contributed by atoms with van der Waals surface area (Å²) >= 11 is 0. The Hall–Kier alpha value is -2.24. The standard InChI is InChI=1S/C20H23N3O2.ClH/c24-22-18-11-5-6-12-19(18)23(20(22)17-9-3-1-4-10-17)25-16-15-21-13-7-2-8-14-21;/h1,3-6,9-12H,2,7-8,13-16H2;1H. The first-order valence-corrected chi connectivity index (χ1v) is 8.98. The third-order valence-electron chi connectivity index (χ3n) is 4.81. The summed E-state index contributed by atoms with van der Waals surface area (Å²) < 4.78 is 2.66. The highest BCUT2D eigenvalue weighted by Gasteiger charge is 2.24. The highest BCUT2D eigenvalue weighted by molar-refractivity contribution is 5.85. The smallest absolute Gasteiger partial charge is 0.332 e. The summed E-state index contributed by atoms with van der Waals surface area (Å²) in [5, 5.41) is 12.8. The largest absolute Gasteiger partial charge is 0.710 e. The van der Waals surface area contributed by atoms with E-state index < -0.39 is 0 Å². The topological polar surface area (TPSA) is 44.3 Å². The van der Waals surface area contributed by atoms with Crippen LogP contribution in [-0.2, 0) is 0 Å². The van der Waals surface area contributed by atoms with Crippen molar-refractivity contribution in [3.05, 3.63) is 59.8 Å². The molecule has 0 amide bonds. The van der Waals surface area contributed by atoms with E-state index in [9.17, 15) is 5.21 Å². The third kappa shape index (κ3) is 3.64. The number of rotatable bonds is 5. The van der Waals surface area contributed by atoms with Gasteiger partial charge in [-0.05, 0) is 54.9 Å². The Balaban J connectivity index is 0.00000196. The van der Waals surface area contributed by atoms with E-state index in [0.717, 1.165) is 35.4 Å². The van der Waals surface area contributed by atoms with Crippen molar-refractivity contribution >= 4 is 23.4 Å². The quantitative estimate of drug-likeness (QED) is 0.509. The molecule has 3 aromatic rings. The number of aromatic nitrogens is 2. The molecule has 0 aliphatic carbocycles. The lowest BCUT2D eigenvalue weighted by atomic mass is 10.1. The van der Waals surface area contributed by atoms with Crippen LogP contribution < -0.4 is 9.57 Å². The molecule has 138 valence electrons. The molecule has 0 radical (unpaired) electrons. The van der Waals surface area contributed by atoms with Gasteiger partial charge in [-0.15, -0.1) is 12.4 Å². The van der Waals surface area contributed by atoms with Crippen LogP contribution in [0.3, 0.4) is 0 Å². The van der Waals surface area contributed by atoms with E-state index in [1.165, 1.54) is 19.3 Å². The van der Waals surface area contributed by atoms with Crippen LogP contribution in [0.5, 0.6) is 0 Å². The van der Waals surface area contributed by atoms with Gasteiger partial charge in [0.15, 0.2) is 12.1 Å². The maximum atomic E-state index is 12.8. The minimum Gasteiger partial charge on any atom is -0.710 e. The summed E-state index contributed by atoms with van der Waals surface area (Å²) in [5.41, 5.74) is 2.28. The Kier molecular flexibility index (Phi) is 6.01. The summed E-state index contributed by atoms with van der Waals surface area (Å²) in [4.78, 5) is 8.52. The lowest BCUT2D eigenvalue weighted by Crippen LogP contribution is -2.35. The van der Waals surface area contributed by atoms with E-state index in [1.807, 2.05) is 54.6 Å². The molecular weight excluding hydrogens is 350 g/mol. The second kappa shape index (κ2) is 8.43. The number of nitrogens with zero attached hydrogens (tertiary/aromatic N) is 3. The molecule has 2 aromatic carbocycles. The molecule has 0 N–H and O–H groups in total. The van der Waals surface area contributed by atoms with Crippen molar-refractivity contribution in [1.82, 2.24) is 9.63 Å². The first kappa shape index (κ1) is 18.5. The molecule has 1 aliphatic rings. The van der Waals surface area contributed by atoms with Gasteiger partial charge in [0.2, 0.25) is 5.52 Å². The molecule has 0 atom stereocenters. The summed E-state index contributed by atoms with van der Waals surface area (Å²) in [5.74, 6) is 0.528. The zero-order valence-electron chi connectivity index (χ0n) is 14.7. The van der Waals surface area contributed by atoms with Gasteiger partial charge in [0.05, 0.1) is 5.56 Å². The third-order valence-corrected chi connectivity index (χ3v) is 4.81. The minimum absolute atomic E-state index is 0. The van der Waals surface area contributed by atoms with Gasteiger partial charge in [0.1, 0.15) is 0 Å². The number of imidazole rings is 1. The average molecular weight is 374 g/mol. The zero-order valence-corrected chi connectivity index (χ0v) is 15.5. The molecule has 1 saturated heterocycles. The molecule has 4 rings (SSSR count). The van der Waals surface area contributed by atoms with E-state index in [2.05, 4.69) is 4.90 Å². The number of para-hydroxylation sites is 2. The molecule has 0 unspecified atom stereocenters. The Bertz CT molecular complexity index is 845. The fourth-order valence-electron chi connectivity index (χ4n) is 3.51.